The summed E-state index contributed by atoms with van der Waals surface area (Å²) >= 11 is 0. The van der Waals surface area contributed by atoms with Crippen LogP contribution in [0.25, 0.3) is 0 Å². The van der Waals surface area contributed by atoms with Gasteiger partial charge in [-0.25, -0.2) is 0 Å². The number of allylic oxidation sites excluding steroid dienone is 1. The Morgan fingerprint density at radius 3 is 2.75 bits per heavy atom. The predicted octanol–water partition coefficient (Wildman–Crippen LogP) is 4.01. The minimum Gasteiger partial charge on any atom is -0.308 e. The fourth-order valence-corrected chi connectivity index (χ4v) is 3.15. The lowest BCUT2D eigenvalue weighted by atomic mass is 9.93. The van der Waals surface area contributed by atoms with E-state index in [1.54, 1.807) is 5.57 Å². The molecule has 1 unspecified atom stereocenters. The summed E-state index contributed by atoms with van der Waals surface area (Å²) in [5.41, 5.74) is 4.09. The van der Waals surface area contributed by atoms with Gasteiger partial charge in [-0.1, -0.05) is 31.4 Å². The van der Waals surface area contributed by atoms with Gasteiger partial charge in [0.2, 0.25) is 0 Å². The van der Waals surface area contributed by atoms with E-state index in [2.05, 4.69) is 43.0 Å². The highest BCUT2D eigenvalue weighted by Gasteiger charge is 2.20. The normalized spacial score (nSPS) is 20.9. The summed E-state index contributed by atoms with van der Waals surface area (Å²) in [6.45, 7) is 5.30. The molecule has 0 bridgehead atoms. The van der Waals surface area contributed by atoms with Crippen LogP contribution >= 0.6 is 0 Å². The Morgan fingerprint density at radius 1 is 1.25 bits per heavy atom. The zero-order chi connectivity index (χ0) is 14.4. The van der Waals surface area contributed by atoms with Gasteiger partial charge in [-0.05, 0) is 52.1 Å². The first kappa shape index (κ1) is 15.3. The van der Waals surface area contributed by atoms with Crippen molar-refractivity contribution in [2.24, 2.45) is 0 Å². The summed E-state index contributed by atoms with van der Waals surface area (Å²) < 4.78 is 2.17. The number of aryl methyl sites for hydroxylation is 2. The third kappa shape index (κ3) is 3.51. The zero-order valence-electron chi connectivity index (χ0n) is 13.3. The molecular formula is C17H29N3. The lowest BCUT2D eigenvalue weighted by molar-refractivity contribution is 0.526. The molecule has 0 aliphatic heterocycles. The van der Waals surface area contributed by atoms with Crippen molar-refractivity contribution in [3.8, 4) is 0 Å². The first-order valence-electron chi connectivity index (χ1n) is 8.23. The molecule has 1 heterocycles. The van der Waals surface area contributed by atoms with Crippen molar-refractivity contribution in [3.63, 3.8) is 0 Å². The smallest absolute Gasteiger partial charge is 0.0705 e. The van der Waals surface area contributed by atoms with Gasteiger partial charge in [0.1, 0.15) is 0 Å². The second-order valence-corrected chi connectivity index (χ2v) is 5.68. The van der Waals surface area contributed by atoms with Crippen LogP contribution in [-0.4, -0.2) is 16.8 Å². The maximum atomic E-state index is 4.70. The standard InChI is InChI=1S/C17H29N3/c1-4-15-13-16(20(5-2)19-15)17(18-3)14-11-9-7-6-8-10-12-14/h11,13,17-18H,4-10,12H2,1-3H3/b14-11+. The van der Waals surface area contributed by atoms with E-state index in [0.717, 1.165) is 13.0 Å². The Morgan fingerprint density at radius 2 is 2.05 bits per heavy atom. The summed E-state index contributed by atoms with van der Waals surface area (Å²) in [5.74, 6) is 0. The maximum absolute atomic E-state index is 4.70. The van der Waals surface area contributed by atoms with Gasteiger partial charge in [0.15, 0.2) is 0 Å². The fraction of sp³-hybridized carbons (Fsp3) is 0.706. The first-order chi connectivity index (χ1) is 9.80. The molecule has 112 valence electrons. The SMILES string of the molecule is CCc1cc(C(NC)/C2=C/CCCCCC2)n(CC)n1. The van der Waals surface area contributed by atoms with Crippen LogP contribution in [0.3, 0.4) is 0 Å². The van der Waals surface area contributed by atoms with E-state index < -0.39 is 0 Å². The minimum atomic E-state index is 0.334. The Kier molecular flexibility index (Phi) is 5.84. The van der Waals surface area contributed by atoms with E-state index in [4.69, 9.17) is 5.10 Å². The van der Waals surface area contributed by atoms with Crippen LogP contribution in [0.4, 0.5) is 0 Å². The first-order valence-corrected chi connectivity index (χ1v) is 8.23. The van der Waals surface area contributed by atoms with Crippen LogP contribution in [0.15, 0.2) is 17.7 Å². The molecule has 0 fully saturated rings. The molecule has 1 aromatic heterocycles. The van der Waals surface area contributed by atoms with Crippen molar-refractivity contribution in [1.29, 1.82) is 0 Å². The summed E-state index contributed by atoms with van der Waals surface area (Å²) in [4.78, 5) is 0. The lowest BCUT2D eigenvalue weighted by Gasteiger charge is -2.22. The molecule has 1 N–H and O–H groups in total. The lowest BCUT2D eigenvalue weighted by Crippen LogP contribution is -2.22. The van der Waals surface area contributed by atoms with Gasteiger partial charge in [-0.2, -0.15) is 5.10 Å². The summed E-state index contributed by atoms with van der Waals surface area (Å²) in [6, 6.07) is 2.62. The van der Waals surface area contributed by atoms with Gasteiger partial charge >= 0.3 is 0 Å². The average molecular weight is 275 g/mol. The van der Waals surface area contributed by atoms with Crippen LogP contribution in [0.1, 0.15) is 69.8 Å². The number of rotatable bonds is 5. The molecule has 1 aliphatic rings. The monoisotopic (exact) mass is 275 g/mol. The highest BCUT2D eigenvalue weighted by atomic mass is 15.3. The second kappa shape index (κ2) is 7.63. The third-order valence-corrected chi connectivity index (χ3v) is 4.30. The molecule has 1 aromatic rings. The van der Waals surface area contributed by atoms with E-state index >= 15 is 0 Å². The van der Waals surface area contributed by atoms with E-state index in [1.807, 2.05) is 0 Å². The molecule has 1 aliphatic carbocycles. The van der Waals surface area contributed by atoms with Gasteiger partial charge in [-0.15, -0.1) is 0 Å². The number of nitrogens with zero attached hydrogens (tertiary/aromatic N) is 2. The Balaban J connectivity index is 2.28. The minimum absolute atomic E-state index is 0.334. The Hall–Kier alpha value is -1.09. The molecule has 3 nitrogen and oxygen atoms in total. The van der Waals surface area contributed by atoms with Crippen molar-refractivity contribution < 1.29 is 0 Å². The number of hydrogen-bond acceptors (Lipinski definition) is 2. The quantitative estimate of drug-likeness (QED) is 0.823. The van der Waals surface area contributed by atoms with Crippen LogP contribution in [0.5, 0.6) is 0 Å². The topological polar surface area (TPSA) is 29.9 Å². The molecule has 0 saturated carbocycles. The third-order valence-electron chi connectivity index (χ3n) is 4.30. The molecule has 20 heavy (non-hydrogen) atoms. The Labute approximate surface area is 123 Å². The molecule has 1 atom stereocenters. The van der Waals surface area contributed by atoms with E-state index in [9.17, 15) is 0 Å². The van der Waals surface area contributed by atoms with Gasteiger partial charge in [-0.3, -0.25) is 4.68 Å². The van der Waals surface area contributed by atoms with Gasteiger partial charge < -0.3 is 5.32 Å². The largest absolute Gasteiger partial charge is 0.308 e. The number of nitrogens with one attached hydrogen (secondary N) is 1. The van der Waals surface area contributed by atoms with Gasteiger partial charge in [0, 0.05) is 6.54 Å². The molecule has 3 heteroatoms. The zero-order valence-corrected chi connectivity index (χ0v) is 13.3. The van der Waals surface area contributed by atoms with Gasteiger partial charge in [0.05, 0.1) is 17.4 Å². The Bertz CT molecular complexity index is 445. The predicted molar refractivity (Wildman–Crippen MR) is 84.9 cm³/mol. The van der Waals surface area contributed by atoms with Crippen LogP contribution in [0.2, 0.25) is 0 Å². The summed E-state index contributed by atoms with van der Waals surface area (Å²) in [6.07, 6.45) is 11.4. The van der Waals surface area contributed by atoms with Crippen LogP contribution < -0.4 is 5.32 Å². The molecule has 0 radical (unpaired) electrons. The molecule has 0 amide bonds. The molecular weight excluding hydrogens is 246 g/mol. The van der Waals surface area contributed by atoms with Gasteiger partial charge in [0.25, 0.3) is 0 Å². The molecule has 2 rings (SSSR count). The van der Waals surface area contributed by atoms with E-state index in [-0.39, 0.29) is 0 Å². The number of hydrogen-bond donors (Lipinski definition) is 1. The maximum Gasteiger partial charge on any atom is 0.0705 e. The molecule has 0 aromatic carbocycles. The fourth-order valence-electron chi connectivity index (χ4n) is 3.15. The van der Waals surface area contributed by atoms with Crippen molar-refractivity contribution in [1.82, 2.24) is 15.1 Å². The number of aromatic nitrogens is 2. The van der Waals surface area contributed by atoms with Crippen molar-refractivity contribution >= 4 is 0 Å². The average Bonchev–Trinajstić information content (AvgIpc) is 2.85. The van der Waals surface area contributed by atoms with Crippen molar-refractivity contribution in [2.45, 2.75) is 71.4 Å². The number of likely N-dealkylation sites (N-methyl/N-ethyl adjacent to an activating group) is 1. The van der Waals surface area contributed by atoms with Crippen molar-refractivity contribution in [2.75, 3.05) is 7.05 Å². The van der Waals surface area contributed by atoms with Crippen LogP contribution in [-0.2, 0) is 13.0 Å². The summed E-state index contributed by atoms with van der Waals surface area (Å²) in [5, 5.41) is 8.22. The molecule has 0 saturated heterocycles. The highest BCUT2D eigenvalue weighted by Crippen LogP contribution is 2.29. The van der Waals surface area contributed by atoms with Crippen molar-refractivity contribution in [3.05, 3.63) is 29.1 Å². The summed E-state index contributed by atoms with van der Waals surface area (Å²) in [7, 11) is 2.07. The van der Waals surface area contributed by atoms with E-state index in [0.29, 0.717) is 6.04 Å². The highest BCUT2D eigenvalue weighted by molar-refractivity contribution is 5.25. The van der Waals surface area contributed by atoms with Crippen LogP contribution in [0, 0.1) is 0 Å². The van der Waals surface area contributed by atoms with E-state index in [1.165, 1.54) is 49.9 Å². The molecule has 0 spiro atoms. The second-order valence-electron chi connectivity index (χ2n) is 5.68.